The van der Waals surface area contributed by atoms with Crippen LogP contribution in [-0.2, 0) is 16.1 Å². The zero-order valence-corrected chi connectivity index (χ0v) is 16.5. The molecule has 1 amide bonds. The lowest BCUT2D eigenvalue weighted by atomic mass is 10.2. The molecule has 5 nitrogen and oxygen atoms in total. The molecule has 1 heterocycles. The number of amides is 1. The number of carbonyl (C=O) groups is 2. The Balaban J connectivity index is 2.09. The molecular formula is C18H15ClN2O3S2. The summed E-state index contributed by atoms with van der Waals surface area (Å²) < 4.78 is 7.26. The minimum Gasteiger partial charge on any atom is -0.468 e. The van der Waals surface area contributed by atoms with E-state index in [1.54, 1.807) is 46.7 Å². The summed E-state index contributed by atoms with van der Waals surface area (Å²) in [7, 11) is 1.32. The summed E-state index contributed by atoms with van der Waals surface area (Å²) in [5, 5.41) is 0.578. The standard InChI is InChI=1S/C18H15ClN2O3S2/c1-24-16(22)10-21-14-8-5-12(19)9-15(14)26-18(21)20-17(23)11-3-6-13(25-2)7-4-11/h3-9H,10H2,1-2H3. The molecule has 0 aliphatic carbocycles. The fourth-order valence-corrected chi connectivity index (χ4v) is 4.08. The summed E-state index contributed by atoms with van der Waals surface area (Å²) in [5.74, 6) is -0.785. The van der Waals surface area contributed by atoms with Gasteiger partial charge in [-0.15, -0.1) is 11.8 Å². The topological polar surface area (TPSA) is 60.7 Å². The van der Waals surface area contributed by atoms with Crippen LogP contribution < -0.4 is 4.80 Å². The molecule has 0 unspecified atom stereocenters. The number of rotatable bonds is 4. The van der Waals surface area contributed by atoms with Crippen molar-refractivity contribution in [1.82, 2.24) is 4.57 Å². The van der Waals surface area contributed by atoms with Gasteiger partial charge in [-0.1, -0.05) is 22.9 Å². The number of thioether (sulfide) groups is 1. The Kier molecular flexibility index (Phi) is 5.80. The van der Waals surface area contributed by atoms with Crippen LogP contribution >= 0.6 is 34.7 Å². The SMILES string of the molecule is COC(=O)Cn1c(=NC(=O)c2ccc(SC)cc2)sc2cc(Cl)ccc21. The molecule has 0 saturated carbocycles. The van der Waals surface area contributed by atoms with Crippen molar-refractivity contribution in [2.24, 2.45) is 4.99 Å². The van der Waals surface area contributed by atoms with E-state index in [4.69, 9.17) is 16.3 Å². The van der Waals surface area contributed by atoms with E-state index in [1.165, 1.54) is 18.4 Å². The number of nitrogens with zero attached hydrogens (tertiary/aromatic N) is 2. The van der Waals surface area contributed by atoms with Crippen LogP contribution in [0.2, 0.25) is 5.02 Å². The van der Waals surface area contributed by atoms with E-state index in [0.717, 1.165) is 15.1 Å². The Morgan fingerprint density at radius 2 is 1.96 bits per heavy atom. The zero-order chi connectivity index (χ0) is 18.7. The first kappa shape index (κ1) is 18.7. The normalized spacial score (nSPS) is 11.7. The maximum Gasteiger partial charge on any atom is 0.325 e. The molecule has 0 saturated heterocycles. The van der Waals surface area contributed by atoms with Gasteiger partial charge in [-0.25, -0.2) is 0 Å². The molecule has 26 heavy (non-hydrogen) atoms. The number of ether oxygens (including phenoxy) is 1. The van der Waals surface area contributed by atoms with Gasteiger partial charge >= 0.3 is 5.97 Å². The molecule has 8 heteroatoms. The number of benzene rings is 2. The van der Waals surface area contributed by atoms with Crippen molar-refractivity contribution in [2.45, 2.75) is 11.4 Å². The number of fused-ring (bicyclic) bond motifs is 1. The lowest BCUT2D eigenvalue weighted by molar-refractivity contribution is -0.141. The lowest BCUT2D eigenvalue weighted by Gasteiger charge is -2.03. The predicted octanol–water partition coefficient (Wildman–Crippen LogP) is 3.99. The molecule has 1 aromatic heterocycles. The average molecular weight is 407 g/mol. The van der Waals surface area contributed by atoms with Gasteiger partial charge in [0, 0.05) is 15.5 Å². The maximum atomic E-state index is 12.5. The van der Waals surface area contributed by atoms with Gasteiger partial charge in [0.25, 0.3) is 5.91 Å². The molecule has 0 N–H and O–H groups in total. The smallest absolute Gasteiger partial charge is 0.325 e. The van der Waals surface area contributed by atoms with Crippen LogP contribution in [0.15, 0.2) is 52.4 Å². The third-order valence-electron chi connectivity index (χ3n) is 3.69. The van der Waals surface area contributed by atoms with Crippen molar-refractivity contribution in [3.63, 3.8) is 0 Å². The average Bonchev–Trinajstić information content (AvgIpc) is 2.97. The third kappa shape index (κ3) is 4.00. The Morgan fingerprint density at radius 3 is 2.62 bits per heavy atom. The van der Waals surface area contributed by atoms with Crippen LogP contribution in [0.1, 0.15) is 10.4 Å². The number of esters is 1. The van der Waals surface area contributed by atoms with Crippen molar-refractivity contribution in [1.29, 1.82) is 0 Å². The molecule has 2 aromatic carbocycles. The summed E-state index contributed by atoms with van der Waals surface area (Å²) >= 11 is 8.95. The van der Waals surface area contributed by atoms with E-state index in [-0.39, 0.29) is 12.5 Å². The molecule has 3 aromatic rings. The van der Waals surface area contributed by atoms with Gasteiger partial charge in [0.1, 0.15) is 6.54 Å². The van der Waals surface area contributed by atoms with Gasteiger partial charge in [0.15, 0.2) is 4.80 Å². The first-order valence-electron chi connectivity index (χ1n) is 7.60. The van der Waals surface area contributed by atoms with Crippen LogP contribution in [0, 0.1) is 0 Å². The van der Waals surface area contributed by atoms with E-state index < -0.39 is 5.97 Å². The molecule has 0 bridgehead atoms. The Morgan fingerprint density at radius 1 is 1.23 bits per heavy atom. The van der Waals surface area contributed by atoms with Crippen LogP contribution in [0.4, 0.5) is 0 Å². The number of hydrogen-bond acceptors (Lipinski definition) is 5. The monoisotopic (exact) mass is 406 g/mol. The first-order chi connectivity index (χ1) is 12.5. The number of aromatic nitrogens is 1. The molecule has 0 atom stereocenters. The van der Waals surface area contributed by atoms with E-state index >= 15 is 0 Å². The Bertz CT molecular complexity index is 1040. The summed E-state index contributed by atoms with van der Waals surface area (Å²) in [4.78, 5) is 30.0. The largest absolute Gasteiger partial charge is 0.468 e. The van der Waals surface area contributed by atoms with Crippen LogP contribution in [0.3, 0.4) is 0 Å². The number of hydrogen-bond donors (Lipinski definition) is 0. The molecule has 0 spiro atoms. The van der Waals surface area contributed by atoms with E-state index in [1.807, 2.05) is 18.4 Å². The number of carbonyl (C=O) groups excluding carboxylic acids is 2. The van der Waals surface area contributed by atoms with Crippen molar-refractivity contribution < 1.29 is 14.3 Å². The number of thiazole rings is 1. The minimum atomic E-state index is -0.419. The van der Waals surface area contributed by atoms with Gasteiger partial charge in [-0.2, -0.15) is 4.99 Å². The highest BCUT2D eigenvalue weighted by Crippen LogP contribution is 2.22. The Labute approximate surface area is 163 Å². The van der Waals surface area contributed by atoms with Crippen molar-refractivity contribution in [2.75, 3.05) is 13.4 Å². The molecule has 0 aliphatic rings. The second-order valence-electron chi connectivity index (χ2n) is 5.30. The van der Waals surface area contributed by atoms with Gasteiger partial charge in [0.05, 0.1) is 17.3 Å². The highest BCUT2D eigenvalue weighted by molar-refractivity contribution is 7.98. The second-order valence-corrected chi connectivity index (χ2v) is 7.63. The van der Waals surface area contributed by atoms with Crippen LogP contribution in [0.5, 0.6) is 0 Å². The summed E-state index contributed by atoms with van der Waals surface area (Å²) in [6, 6.07) is 12.6. The fraction of sp³-hybridized carbons (Fsp3) is 0.167. The molecule has 3 rings (SSSR count). The van der Waals surface area contributed by atoms with Gasteiger partial charge < -0.3 is 9.30 Å². The summed E-state index contributed by atoms with van der Waals surface area (Å²) in [5.41, 5.74) is 1.26. The maximum absolute atomic E-state index is 12.5. The summed E-state index contributed by atoms with van der Waals surface area (Å²) in [6.45, 7) is -0.0321. The minimum absolute atomic E-state index is 0.0321. The second kappa shape index (κ2) is 8.07. The molecule has 134 valence electrons. The zero-order valence-electron chi connectivity index (χ0n) is 14.1. The quantitative estimate of drug-likeness (QED) is 0.485. The van der Waals surface area contributed by atoms with E-state index in [9.17, 15) is 9.59 Å². The van der Waals surface area contributed by atoms with Crippen LogP contribution in [0.25, 0.3) is 10.2 Å². The lowest BCUT2D eigenvalue weighted by Crippen LogP contribution is -2.22. The number of halogens is 1. The molecule has 0 radical (unpaired) electrons. The third-order valence-corrected chi connectivity index (χ3v) is 5.71. The summed E-state index contributed by atoms with van der Waals surface area (Å²) in [6.07, 6.45) is 1.97. The fourth-order valence-electron chi connectivity index (χ4n) is 2.36. The van der Waals surface area contributed by atoms with Crippen molar-refractivity contribution >= 4 is 56.8 Å². The van der Waals surface area contributed by atoms with Crippen LogP contribution in [-0.4, -0.2) is 29.8 Å². The molecule has 0 aliphatic heterocycles. The van der Waals surface area contributed by atoms with Gasteiger partial charge in [-0.05, 0) is 48.7 Å². The predicted molar refractivity (Wildman–Crippen MR) is 105 cm³/mol. The molecular weight excluding hydrogens is 392 g/mol. The Hall–Kier alpha value is -2.09. The van der Waals surface area contributed by atoms with Gasteiger partial charge in [-0.3, -0.25) is 9.59 Å². The van der Waals surface area contributed by atoms with Gasteiger partial charge in [0.2, 0.25) is 0 Å². The van der Waals surface area contributed by atoms with Crippen molar-refractivity contribution in [3.8, 4) is 0 Å². The van der Waals surface area contributed by atoms with E-state index in [2.05, 4.69) is 4.99 Å². The van der Waals surface area contributed by atoms with E-state index in [0.29, 0.717) is 15.4 Å². The molecule has 0 fully saturated rings. The number of methoxy groups -OCH3 is 1. The highest BCUT2D eigenvalue weighted by atomic mass is 35.5. The van der Waals surface area contributed by atoms with Crippen molar-refractivity contribution in [3.05, 3.63) is 57.9 Å². The highest BCUT2D eigenvalue weighted by Gasteiger charge is 2.13. The first-order valence-corrected chi connectivity index (χ1v) is 10.0.